The van der Waals surface area contributed by atoms with Gasteiger partial charge in [0.05, 0.1) is 5.92 Å². The molecule has 0 heterocycles. The maximum absolute atomic E-state index is 12.1. The quantitative estimate of drug-likeness (QED) is 0.327. The number of ether oxygens (including phenoxy) is 2. The van der Waals surface area contributed by atoms with Crippen LogP contribution in [0.25, 0.3) is 0 Å². The highest BCUT2D eigenvalue weighted by Gasteiger charge is 2.56. The van der Waals surface area contributed by atoms with Crippen molar-refractivity contribution in [2.75, 3.05) is 13.2 Å². The van der Waals surface area contributed by atoms with Crippen molar-refractivity contribution >= 4 is 51.2 Å². The van der Waals surface area contributed by atoms with Gasteiger partial charge in [-0.3, -0.25) is 9.59 Å². The molecule has 2 fully saturated rings. The summed E-state index contributed by atoms with van der Waals surface area (Å²) in [7, 11) is 0. The molecule has 0 radical (unpaired) electrons. The van der Waals surface area contributed by atoms with Gasteiger partial charge >= 0.3 is 17.9 Å². The Bertz CT molecular complexity index is 399. The van der Waals surface area contributed by atoms with E-state index in [9.17, 15) is 9.59 Å². The Morgan fingerprint density at radius 3 is 2.30 bits per heavy atom. The number of carbonyl (C=O) groups is 2. The largest absolute Gasteiger partial charge is 0.462 e. The van der Waals surface area contributed by atoms with E-state index in [1.807, 2.05) is 0 Å². The zero-order valence-electron chi connectivity index (χ0n) is 11.1. The molecule has 2 bridgehead atoms. The fourth-order valence-electron chi connectivity index (χ4n) is 3.43. The lowest BCUT2D eigenvalue weighted by atomic mass is 9.88. The van der Waals surface area contributed by atoms with Crippen LogP contribution < -0.4 is 0 Å². The van der Waals surface area contributed by atoms with E-state index in [4.69, 9.17) is 42.7 Å². The van der Waals surface area contributed by atoms with E-state index in [0.717, 1.165) is 19.3 Å². The molecule has 0 aromatic rings. The van der Waals surface area contributed by atoms with Crippen molar-refractivity contribution in [2.24, 2.45) is 17.8 Å². The van der Waals surface area contributed by atoms with Crippen LogP contribution in [0, 0.1) is 17.8 Å². The lowest BCUT2D eigenvalue weighted by Gasteiger charge is -2.31. The molecule has 0 spiro atoms. The molecule has 2 saturated carbocycles. The molecule has 20 heavy (non-hydrogen) atoms. The number of esters is 2. The van der Waals surface area contributed by atoms with Gasteiger partial charge < -0.3 is 9.47 Å². The summed E-state index contributed by atoms with van der Waals surface area (Å²) in [6.45, 7) is 1.49. The molecule has 2 rings (SSSR count). The highest BCUT2D eigenvalue weighted by Crippen LogP contribution is 2.60. The fraction of sp³-hybridized carbons (Fsp3) is 0.833. The van der Waals surface area contributed by atoms with Crippen molar-refractivity contribution in [1.29, 1.82) is 0 Å². The highest BCUT2D eigenvalue weighted by molar-refractivity contribution is 7.65. The van der Waals surface area contributed by atoms with Crippen molar-refractivity contribution < 1.29 is 19.1 Å². The van der Waals surface area contributed by atoms with Gasteiger partial charge in [-0.05, 0) is 36.6 Å². The predicted molar refractivity (Wildman–Crippen MR) is 79.0 cm³/mol. The van der Waals surface area contributed by atoms with Gasteiger partial charge in [-0.2, -0.15) is 0 Å². The maximum Gasteiger partial charge on any atom is 0.344 e. The van der Waals surface area contributed by atoms with Gasteiger partial charge in [-0.15, -0.1) is 33.2 Å². The van der Waals surface area contributed by atoms with Crippen molar-refractivity contribution in [1.82, 2.24) is 0 Å². The van der Waals surface area contributed by atoms with Gasteiger partial charge in [0.25, 0.3) is 0 Å². The standard InChI is InChI=1S/C12H17Cl3O4Si/c1-7(16)18-2-3-19-12(17)10-5-8-4-9(10)11(6-8)20(13,14)15/h8-11H,2-6H2,1H3. The van der Waals surface area contributed by atoms with Crippen molar-refractivity contribution in [2.45, 2.75) is 31.7 Å². The minimum atomic E-state index is -2.78. The van der Waals surface area contributed by atoms with E-state index in [1.54, 1.807) is 0 Å². The normalized spacial score (nSPS) is 32.2. The number of rotatable bonds is 5. The van der Waals surface area contributed by atoms with Gasteiger partial charge in [-0.25, -0.2) is 0 Å². The molecular weight excluding hydrogens is 343 g/mol. The van der Waals surface area contributed by atoms with E-state index < -0.39 is 6.00 Å². The number of hydrogen-bond donors (Lipinski definition) is 0. The Morgan fingerprint density at radius 2 is 1.75 bits per heavy atom. The summed E-state index contributed by atoms with van der Waals surface area (Å²) in [5, 5.41) is 0. The van der Waals surface area contributed by atoms with Crippen LogP contribution >= 0.6 is 33.2 Å². The van der Waals surface area contributed by atoms with Gasteiger partial charge in [0.1, 0.15) is 13.2 Å². The molecule has 4 nitrogen and oxygen atoms in total. The molecule has 0 aromatic carbocycles. The second-order valence-corrected chi connectivity index (χ2v) is 14.4. The van der Waals surface area contributed by atoms with Crippen molar-refractivity contribution in [3.05, 3.63) is 0 Å². The number of fused-ring (bicyclic) bond motifs is 2. The van der Waals surface area contributed by atoms with Gasteiger partial charge in [0, 0.05) is 6.92 Å². The molecule has 0 N–H and O–H groups in total. The first-order valence-corrected chi connectivity index (χ1v) is 11.8. The van der Waals surface area contributed by atoms with Crippen LogP contribution in [0.2, 0.25) is 5.54 Å². The van der Waals surface area contributed by atoms with Gasteiger partial charge in [0.2, 0.25) is 0 Å². The molecule has 0 aliphatic heterocycles. The maximum atomic E-state index is 12.1. The molecular formula is C12H17Cl3O4Si. The Balaban J connectivity index is 1.84. The summed E-state index contributed by atoms with van der Waals surface area (Å²) in [5.74, 6) is -0.195. The molecule has 8 heteroatoms. The summed E-state index contributed by atoms with van der Waals surface area (Å²) in [4.78, 5) is 22.7. The molecule has 0 amide bonds. The number of carbonyl (C=O) groups excluding carboxylic acids is 2. The van der Waals surface area contributed by atoms with E-state index in [-0.39, 0.29) is 42.5 Å². The first kappa shape index (κ1) is 16.4. The van der Waals surface area contributed by atoms with Crippen LogP contribution in [-0.2, 0) is 19.1 Å². The highest BCUT2D eigenvalue weighted by atomic mass is 35.8. The molecule has 0 aromatic heterocycles. The second-order valence-electron chi connectivity index (χ2n) is 5.50. The lowest BCUT2D eigenvalue weighted by Crippen LogP contribution is -2.34. The van der Waals surface area contributed by atoms with Gasteiger partial charge in [0.15, 0.2) is 0 Å². The third kappa shape index (κ3) is 3.81. The number of hydrogen-bond acceptors (Lipinski definition) is 4. The van der Waals surface area contributed by atoms with Crippen molar-refractivity contribution in [3.63, 3.8) is 0 Å². The molecule has 2 aliphatic rings. The molecule has 4 atom stereocenters. The SMILES string of the molecule is CC(=O)OCCOC(=O)C1CC2CC1C([Si](Cl)(Cl)Cl)C2. The Kier molecular flexibility index (Phi) is 5.27. The summed E-state index contributed by atoms with van der Waals surface area (Å²) in [5.41, 5.74) is 0.0530. The predicted octanol–water partition coefficient (Wildman–Crippen LogP) is 3.16. The summed E-state index contributed by atoms with van der Waals surface area (Å²) in [6, 6.07) is -2.78. The summed E-state index contributed by atoms with van der Waals surface area (Å²) >= 11 is 18.4. The van der Waals surface area contributed by atoms with E-state index in [1.165, 1.54) is 6.92 Å². The smallest absolute Gasteiger partial charge is 0.344 e. The third-order valence-corrected chi connectivity index (χ3v) is 8.20. The zero-order chi connectivity index (χ0) is 14.9. The van der Waals surface area contributed by atoms with Crippen LogP contribution in [0.3, 0.4) is 0 Å². The van der Waals surface area contributed by atoms with Crippen LogP contribution in [0.4, 0.5) is 0 Å². The fourth-order valence-corrected chi connectivity index (χ4v) is 7.15. The Labute approximate surface area is 133 Å². The molecule has 2 aliphatic carbocycles. The average Bonchev–Trinajstić information content (AvgIpc) is 2.92. The topological polar surface area (TPSA) is 52.6 Å². The molecule has 114 valence electrons. The number of halogens is 3. The Morgan fingerprint density at radius 1 is 1.10 bits per heavy atom. The van der Waals surface area contributed by atoms with Crippen LogP contribution in [0.5, 0.6) is 0 Å². The minimum Gasteiger partial charge on any atom is -0.462 e. The average molecular weight is 360 g/mol. The first-order valence-electron chi connectivity index (χ1n) is 6.65. The zero-order valence-corrected chi connectivity index (χ0v) is 14.4. The van der Waals surface area contributed by atoms with Crippen LogP contribution in [0.15, 0.2) is 0 Å². The van der Waals surface area contributed by atoms with Crippen LogP contribution in [0.1, 0.15) is 26.2 Å². The molecule has 4 unspecified atom stereocenters. The summed E-state index contributed by atoms with van der Waals surface area (Å²) < 4.78 is 9.88. The van der Waals surface area contributed by atoms with Gasteiger partial charge in [-0.1, -0.05) is 0 Å². The summed E-state index contributed by atoms with van der Waals surface area (Å²) in [6.07, 6.45) is 2.70. The van der Waals surface area contributed by atoms with E-state index >= 15 is 0 Å². The third-order valence-electron chi connectivity index (χ3n) is 4.17. The minimum absolute atomic E-state index is 0.0530. The van der Waals surface area contributed by atoms with Crippen molar-refractivity contribution in [3.8, 4) is 0 Å². The Hall–Kier alpha value is 0.0269. The van der Waals surface area contributed by atoms with E-state index in [2.05, 4.69) is 0 Å². The van der Waals surface area contributed by atoms with E-state index in [0.29, 0.717) is 5.92 Å². The monoisotopic (exact) mass is 358 g/mol. The molecule has 0 saturated heterocycles. The van der Waals surface area contributed by atoms with Crippen LogP contribution in [-0.4, -0.2) is 31.2 Å². The lowest BCUT2D eigenvalue weighted by molar-refractivity contribution is -0.155. The second kappa shape index (κ2) is 6.42. The first-order chi connectivity index (χ1) is 9.29.